The Morgan fingerprint density at radius 2 is 1.88 bits per heavy atom. The van der Waals surface area contributed by atoms with Gasteiger partial charge >= 0.3 is 0 Å². The number of hydrogen-bond acceptors (Lipinski definition) is 3. The molecule has 0 radical (unpaired) electrons. The van der Waals surface area contributed by atoms with E-state index in [0.29, 0.717) is 0 Å². The lowest BCUT2D eigenvalue weighted by Gasteiger charge is -2.24. The molecule has 3 N–H and O–H groups in total. The molecule has 0 aliphatic rings. The van der Waals surface area contributed by atoms with Crippen molar-refractivity contribution in [3.05, 3.63) is 29.8 Å². The van der Waals surface area contributed by atoms with E-state index in [9.17, 15) is 0 Å². The molecule has 0 aliphatic carbocycles. The Balaban J connectivity index is 2.35. The summed E-state index contributed by atoms with van der Waals surface area (Å²) in [4.78, 5) is 1.32. The molecule has 0 atom stereocenters. The molecule has 1 rings (SSSR count). The van der Waals surface area contributed by atoms with Gasteiger partial charge in [0, 0.05) is 18.0 Å². The summed E-state index contributed by atoms with van der Waals surface area (Å²) in [6.45, 7) is 7.21. The minimum absolute atomic E-state index is 0.286. The van der Waals surface area contributed by atoms with Gasteiger partial charge in [0.05, 0.1) is 0 Å². The van der Waals surface area contributed by atoms with Crippen LogP contribution in [0.2, 0.25) is 0 Å². The van der Waals surface area contributed by atoms with Crippen molar-refractivity contribution in [3.8, 4) is 0 Å². The first-order chi connectivity index (χ1) is 8.07. The molecule has 1 aromatic carbocycles. The Morgan fingerprint density at radius 3 is 2.41 bits per heavy atom. The van der Waals surface area contributed by atoms with E-state index in [0.717, 1.165) is 26.1 Å². The maximum atomic E-state index is 5.60. The largest absolute Gasteiger partial charge is 0.330 e. The smallest absolute Gasteiger partial charge is 0.0205 e. The zero-order valence-electron chi connectivity index (χ0n) is 11.1. The molecule has 17 heavy (non-hydrogen) atoms. The first-order valence-corrected chi connectivity index (χ1v) is 7.33. The van der Waals surface area contributed by atoms with E-state index in [1.54, 1.807) is 11.8 Å². The van der Waals surface area contributed by atoms with E-state index in [1.165, 1.54) is 10.5 Å². The fraction of sp³-hybridized carbons (Fsp3) is 0.571. The average Bonchev–Trinajstić information content (AvgIpc) is 2.29. The average molecular weight is 252 g/mol. The van der Waals surface area contributed by atoms with Gasteiger partial charge in [0.15, 0.2) is 0 Å². The van der Waals surface area contributed by atoms with Crippen LogP contribution in [-0.2, 0) is 6.54 Å². The second kappa shape index (κ2) is 7.04. The van der Waals surface area contributed by atoms with Crippen molar-refractivity contribution in [2.75, 3.05) is 19.3 Å². The number of rotatable bonds is 7. The normalized spacial score (nSPS) is 11.8. The molecule has 0 saturated carbocycles. The summed E-state index contributed by atoms with van der Waals surface area (Å²) in [6.07, 6.45) is 3.16. The minimum Gasteiger partial charge on any atom is -0.330 e. The van der Waals surface area contributed by atoms with Crippen molar-refractivity contribution in [3.63, 3.8) is 0 Å². The molecule has 0 aliphatic heterocycles. The lowest BCUT2D eigenvalue weighted by Crippen LogP contribution is -2.30. The van der Waals surface area contributed by atoms with Gasteiger partial charge in [-0.05, 0) is 42.3 Å². The van der Waals surface area contributed by atoms with Crippen molar-refractivity contribution < 1.29 is 0 Å². The van der Waals surface area contributed by atoms with E-state index in [2.05, 4.69) is 49.7 Å². The molecule has 2 nitrogen and oxygen atoms in total. The second-order valence-corrected chi connectivity index (χ2v) is 6.03. The molecule has 0 amide bonds. The Morgan fingerprint density at radius 1 is 1.24 bits per heavy atom. The zero-order valence-corrected chi connectivity index (χ0v) is 11.9. The van der Waals surface area contributed by atoms with Crippen LogP contribution in [-0.4, -0.2) is 19.3 Å². The molecular formula is C14H24N2S. The van der Waals surface area contributed by atoms with Crippen LogP contribution < -0.4 is 11.1 Å². The lowest BCUT2D eigenvalue weighted by atomic mass is 9.89. The first-order valence-electron chi connectivity index (χ1n) is 6.11. The van der Waals surface area contributed by atoms with Crippen molar-refractivity contribution in [2.24, 2.45) is 11.1 Å². The highest BCUT2D eigenvalue weighted by molar-refractivity contribution is 7.98. The fourth-order valence-corrected chi connectivity index (χ4v) is 2.18. The molecular weight excluding hydrogens is 228 g/mol. The van der Waals surface area contributed by atoms with Gasteiger partial charge < -0.3 is 11.1 Å². The SMILES string of the molecule is CSc1ccc(CNCC(C)(C)CCN)cc1. The van der Waals surface area contributed by atoms with E-state index in [4.69, 9.17) is 5.73 Å². The number of nitrogens with two attached hydrogens (primary N) is 1. The molecule has 0 aromatic heterocycles. The summed E-state index contributed by atoms with van der Waals surface area (Å²) in [6, 6.07) is 8.73. The van der Waals surface area contributed by atoms with Gasteiger partial charge in [-0.15, -0.1) is 11.8 Å². The van der Waals surface area contributed by atoms with E-state index < -0.39 is 0 Å². The van der Waals surface area contributed by atoms with Gasteiger partial charge in [-0.2, -0.15) is 0 Å². The molecule has 1 aromatic rings. The number of benzene rings is 1. The Labute approximate surface area is 109 Å². The summed E-state index contributed by atoms with van der Waals surface area (Å²) < 4.78 is 0. The van der Waals surface area contributed by atoms with Crippen LogP contribution in [0.25, 0.3) is 0 Å². The third-order valence-corrected chi connectivity index (χ3v) is 3.66. The topological polar surface area (TPSA) is 38.0 Å². The lowest BCUT2D eigenvalue weighted by molar-refractivity contribution is 0.319. The van der Waals surface area contributed by atoms with E-state index >= 15 is 0 Å². The molecule has 0 bridgehead atoms. The van der Waals surface area contributed by atoms with Crippen LogP contribution in [0.15, 0.2) is 29.2 Å². The summed E-state index contributed by atoms with van der Waals surface area (Å²) >= 11 is 1.78. The van der Waals surface area contributed by atoms with Crippen LogP contribution in [0.1, 0.15) is 25.8 Å². The van der Waals surface area contributed by atoms with Gasteiger partial charge in [0.1, 0.15) is 0 Å². The van der Waals surface area contributed by atoms with Crippen molar-refractivity contribution in [1.29, 1.82) is 0 Å². The van der Waals surface area contributed by atoms with Gasteiger partial charge in [0.2, 0.25) is 0 Å². The maximum Gasteiger partial charge on any atom is 0.0205 e. The van der Waals surface area contributed by atoms with E-state index in [-0.39, 0.29) is 5.41 Å². The molecule has 0 unspecified atom stereocenters. The summed E-state index contributed by atoms with van der Waals surface area (Å²) in [5.41, 5.74) is 7.22. The summed E-state index contributed by atoms with van der Waals surface area (Å²) in [5.74, 6) is 0. The first kappa shape index (κ1) is 14.6. The number of thioether (sulfide) groups is 1. The van der Waals surface area contributed by atoms with Crippen molar-refractivity contribution in [1.82, 2.24) is 5.32 Å². The van der Waals surface area contributed by atoms with Gasteiger partial charge in [-0.25, -0.2) is 0 Å². The van der Waals surface area contributed by atoms with Crippen LogP contribution in [0.3, 0.4) is 0 Å². The predicted molar refractivity (Wildman–Crippen MR) is 77.4 cm³/mol. The molecule has 96 valence electrons. The zero-order chi connectivity index (χ0) is 12.7. The standard InChI is InChI=1S/C14H24N2S/c1-14(2,8-9-15)11-16-10-12-4-6-13(17-3)7-5-12/h4-7,16H,8-11,15H2,1-3H3. The van der Waals surface area contributed by atoms with Crippen LogP contribution in [0, 0.1) is 5.41 Å². The Hall–Kier alpha value is -0.510. The van der Waals surface area contributed by atoms with Gasteiger partial charge in [-0.3, -0.25) is 0 Å². The fourth-order valence-electron chi connectivity index (χ4n) is 1.77. The highest BCUT2D eigenvalue weighted by Crippen LogP contribution is 2.18. The van der Waals surface area contributed by atoms with E-state index in [1.807, 2.05) is 0 Å². The summed E-state index contributed by atoms with van der Waals surface area (Å²) in [7, 11) is 0. The molecule has 0 spiro atoms. The Bertz CT molecular complexity index is 319. The van der Waals surface area contributed by atoms with Gasteiger partial charge in [0.25, 0.3) is 0 Å². The minimum atomic E-state index is 0.286. The van der Waals surface area contributed by atoms with Crippen LogP contribution in [0.5, 0.6) is 0 Å². The van der Waals surface area contributed by atoms with Crippen LogP contribution in [0.4, 0.5) is 0 Å². The highest BCUT2D eigenvalue weighted by atomic mass is 32.2. The molecule has 0 saturated heterocycles. The quantitative estimate of drug-likeness (QED) is 0.733. The monoisotopic (exact) mass is 252 g/mol. The Kier molecular flexibility index (Phi) is 6.03. The van der Waals surface area contributed by atoms with Crippen molar-refractivity contribution in [2.45, 2.75) is 31.7 Å². The molecule has 0 heterocycles. The van der Waals surface area contributed by atoms with Crippen LogP contribution >= 0.6 is 11.8 Å². The maximum absolute atomic E-state index is 5.60. The predicted octanol–water partition coefficient (Wildman–Crippen LogP) is 2.87. The molecule has 3 heteroatoms. The third kappa shape index (κ3) is 5.57. The van der Waals surface area contributed by atoms with Crippen molar-refractivity contribution >= 4 is 11.8 Å². The van der Waals surface area contributed by atoms with Gasteiger partial charge in [-0.1, -0.05) is 26.0 Å². The number of hydrogen-bond donors (Lipinski definition) is 2. The summed E-state index contributed by atoms with van der Waals surface area (Å²) in [5, 5.41) is 3.50. The molecule has 0 fully saturated rings. The number of nitrogens with one attached hydrogen (secondary N) is 1. The highest BCUT2D eigenvalue weighted by Gasteiger charge is 2.15. The third-order valence-electron chi connectivity index (χ3n) is 2.91. The second-order valence-electron chi connectivity index (χ2n) is 5.15.